The van der Waals surface area contributed by atoms with Crippen molar-refractivity contribution in [2.24, 2.45) is 5.92 Å². The highest BCUT2D eigenvalue weighted by atomic mass is 16.5. The van der Waals surface area contributed by atoms with E-state index in [1.807, 2.05) is 30.3 Å². The molecule has 5 heteroatoms. The van der Waals surface area contributed by atoms with E-state index in [1.165, 1.54) is 26.4 Å². The molecule has 0 aliphatic heterocycles. The van der Waals surface area contributed by atoms with Crippen molar-refractivity contribution >= 4 is 11.7 Å². The summed E-state index contributed by atoms with van der Waals surface area (Å²) >= 11 is 0. The molecule has 0 aliphatic carbocycles. The van der Waals surface area contributed by atoms with Crippen molar-refractivity contribution in [1.82, 2.24) is 5.32 Å². The average Bonchev–Trinajstić information content (AvgIpc) is 2.95. The van der Waals surface area contributed by atoms with E-state index in [0.717, 1.165) is 68.9 Å². The quantitative estimate of drug-likeness (QED) is 0.125. The Morgan fingerprint density at radius 3 is 2.41 bits per heavy atom. The van der Waals surface area contributed by atoms with Gasteiger partial charge in [-0.3, -0.25) is 9.59 Å². The summed E-state index contributed by atoms with van der Waals surface area (Å²) in [5.41, 5.74) is 2.01. The zero-order valence-corrected chi connectivity index (χ0v) is 24.1. The summed E-state index contributed by atoms with van der Waals surface area (Å²) in [6, 6.07) is 15.2. The minimum absolute atomic E-state index is 0.0519. The van der Waals surface area contributed by atoms with Crippen molar-refractivity contribution in [3.05, 3.63) is 71.8 Å². The van der Waals surface area contributed by atoms with Crippen molar-refractivity contribution in [3.63, 3.8) is 0 Å². The highest BCUT2D eigenvalue weighted by Gasteiger charge is 2.17. The Hall–Kier alpha value is -3.08. The van der Waals surface area contributed by atoms with E-state index < -0.39 is 0 Å². The Morgan fingerprint density at radius 1 is 0.897 bits per heavy atom. The predicted molar refractivity (Wildman–Crippen MR) is 160 cm³/mol. The summed E-state index contributed by atoms with van der Waals surface area (Å²) in [6.07, 6.45) is 18.6. The summed E-state index contributed by atoms with van der Waals surface area (Å²) < 4.78 is 5.11. The molecule has 0 fully saturated rings. The summed E-state index contributed by atoms with van der Waals surface area (Å²) in [4.78, 5) is 25.1. The summed E-state index contributed by atoms with van der Waals surface area (Å²) in [7, 11) is 1.51. The molecule has 0 heterocycles. The van der Waals surface area contributed by atoms with Gasteiger partial charge in [-0.1, -0.05) is 100 Å². The lowest BCUT2D eigenvalue weighted by molar-refractivity contribution is -0.122. The summed E-state index contributed by atoms with van der Waals surface area (Å²) in [6.45, 7) is 2.65. The van der Waals surface area contributed by atoms with Crippen LogP contribution in [0.3, 0.4) is 0 Å². The van der Waals surface area contributed by atoms with E-state index in [2.05, 4.69) is 24.4 Å². The number of nitrogens with one attached hydrogen (secondary N) is 1. The van der Waals surface area contributed by atoms with Gasteiger partial charge < -0.3 is 15.2 Å². The number of benzene rings is 2. The van der Waals surface area contributed by atoms with Gasteiger partial charge in [0.1, 0.15) is 5.78 Å². The van der Waals surface area contributed by atoms with Gasteiger partial charge in [-0.15, -0.1) is 0 Å². The van der Waals surface area contributed by atoms with Crippen LogP contribution in [0.5, 0.6) is 11.5 Å². The normalized spacial score (nSPS) is 11.9. The molecule has 0 aromatic heterocycles. The minimum Gasteiger partial charge on any atom is -0.504 e. The highest BCUT2D eigenvalue weighted by molar-refractivity contribution is 5.83. The molecule has 39 heavy (non-hydrogen) atoms. The number of aromatic hydroxyl groups is 1. The number of amides is 1. The fraction of sp³-hybridized carbons (Fsp3) is 0.529. The van der Waals surface area contributed by atoms with Crippen LogP contribution in [0.15, 0.2) is 60.7 Å². The van der Waals surface area contributed by atoms with Crippen LogP contribution in [0, 0.1) is 5.92 Å². The largest absolute Gasteiger partial charge is 0.504 e. The van der Waals surface area contributed by atoms with E-state index in [9.17, 15) is 14.7 Å². The van der Waals surface area contributed by atoms with Crippen LogP contribution >= 0.6 is 0 Å². The fourth-order valence-corrected chi connectivity index (χ4v) is 4.75. The van der Waals surface area contributed by atoms with E-state index >= 15 is 0 Å². The summed E-state index contributed by atoms with van der Waals surface area (Å²) in [5.74, 6) is 1.06. The molecule has 1 unspecified atom stereocenters. The van der Waals surface area contributed by atoms with Gasteiger partial charge in [0.2, 0.25) is 5.91 Å². The second-order valence-corrected chi connectivity index (χ2v) is 10.5. The molecule has 0 saturated heterocycles. The van der Waals surface area contributed by atoms with Crippen LogP contribution in [-0.2, 0) is 22.6 Å². The molecular formula is C34H49NO4. The van der Waals surface area contributed by atoms with Crippen molar-refractivity contribution in [3.8, 4) is 11.5 Å². The van der Waals surface area contributed by atoms with Crippen molar-refractivity contribution in [1.29, 1.82) is 0 Å². The first-order valence-electron chi connectivity index (χ1n) is 14.9. The molecule has 214 valence electrons. The molecule has 0 spiro atoms. The molecule has 0 saturated carbocycles. The van der Waals surface area contributed by atoms with Gasteiger partial charge in [-0.2, -0.15) is 0 Å². The maximum atomic E-state index is 13.0. The Balaban J connectivity index is 1.57. The molecule has 2 aromatic rings. The van der Waals surface area contributed by atoms with E-state index in [4.69, 9.17) is 4.74 Å². The lowest BCUT2D eigenvalue weighted by Gasteiger charge is -2.14. The molecule has 2 N–H and O–H groups in total. The molecule has 1 atom stereocenters. The van der Waals surface area contributed by atoms with Crippen LogP contribution in [0.1, 0.15) is 102 Å². The van der Waals surface area contributed by atoms with Gasteiger partial charge in [0.25, 0.3) is 0 Å². The zero-order valence-electron chi connectivity index (χ0n) is 24.1. The van der Waals surface area contributed by atoms with Gasteiger partial charge >= 0.3 is 0 Å². The van der Waals surface area contributed by atoms with E-state index in [1.54, 1.807) is 18.2 Å². The first kappa shape index (κ1) is 32.1. The molecule has 0 aliphatic rings. The molecule has 1 amide bonds. The number of carbonyl (C=O) groups is 2. The second kappa shape index (κ2) is 19.9. The number of unbranched alkanes of at least 4 members (excludes halogenated alkanes) is 8. The zero-order chi connectivity index (χ0) is 28.1. The molecule has 0 radical (unpaired) electrons. The maximum absolute atomic E-state index is 13.0. The lowest BCUT2D eigenvalue weighted by Crippen LogP contribution is -2.22. The number of phenols is 1. The third-order valence-corrected chi connectivity index (χ3v) is 7.18. The van der Waals surface area contributed by atoms with Gasteiger partial charge in [0, 0.05) is 25.3 Å². The molecule has 0 bridgehead atoms. The van der Waals surface area contributed by atoms with Gasteiger partial charge in [-0.05, 0) is 55.4 Å². The molecule has 2 rings (SSSR count). The number of phenolic OH excluding ortho intramolecular Hbond substituents is 1. The topological polar surface area (TPSA) is 75.6 Å². The van der Waals surface area contributed by atoms with E-state index in [0.29, 0.717) is 30.9 Å². The van der Waals surface area contributed by atoms with Gasteiger partial charge in [0.05, 0.1) is 7.11 Å². The van der Waals surface area contributed by atoms with Crippen molar-refractivity contribution in [2.75, 3.05) is 7.11 Å². The van der Waals surface area contributed by atoms with Crippen LogP contribution in [0.25, 0.3) is 0 Å². The lowest BCUT2D eigenvalue weighted by atomic mass is 9.89. The average molecular weight is 536 g/mol. The Bertz CT molecular complexity index is 986. The maximum Gasteiger partial charge on any atom is 0.220 e. The third-order valence-electron chi connectivity index (χ3n) is 7.18. The van der Waals surface area contributed by atoms with Crippen LogP contribution in [-0.4, -0.2) is 23.9 Å². The number of rotatable bonds is 21. The number of carbonyl (C=O) groups excluding carboxylic acids is 2. The summed E-state index contributed by atoms with van der Waals surface area (Å²) in [5, 5.41) is 12.6. The van der Waals surface area contributed by atoms with E-state index in [-0.39, 0.29) is 17.6 Å². The Morgan fingerprint density at radius 2 is 1.64 bits per heavy atom. The van der Waals surface area contributed by atoms with Crippen molar-refractivity contribution in [2.45, 2.75) is 103 Å². The minimum atomic E-state index is 0.0519. The van der Waals surface area contributed by atoms with Crippen LogP contribution in [0.4, 0.5) is 0 Å². The molecular weight excluding hydrogens is 486 g/mol. The number of ketones is 1. The molecule has 5 nitrogen and oxygen atoms in total. The number of allylic oxidation sites excluding steroid dienone is 2. The van der Waals surface area contributed by atoms with Crippen LogP contribution < -0.4 is 10.1 Å². The van der Waals surface area contributed by atoms with Gasteiger partial charge in [0.15, 0.2) is 11.5 Å². The van der Waals surface area contributed by atoms with Gasteiger partial charge in [-0.25, -0.2) is 0 Å². The number of ether oxygens (including phenoxy) is 1. The Kier molecular flexibility index (Phi) is 16.4. The Labute approximate surface area is 236 Å². The monoisotopic (exact) mass is 535 g/mol. The standard InChI is InChI=1S/C34H49NO4/c1-3-4-5-15-20-30(32(37)25-28-18-13-12-14-19-28)21-16-10-8-6-7-9-11-17-22-34(38)35-27-29-23-24-31(36)33(26-29)39-2/h10,12-14,16,18-19,23-24,26,30,36H,3-9,11,15,17,20-22,25,27H2,1-2H3,(H,35,38). The fourth-order valence-electron chi connectivity index (χ4n) is 4.75. The third kappa shape index (κ3) is 14.0. The van der Waals surface area contributed by atoms with Crippen LogP contribution in [0.2, 0.25) is 0 Å². The first-order chi connectivity index (χ1) is 19.0. The first-order valence-corrected chi connectivity index (χ1v) is 14.9. The van der Waals surface area contributed by atoms with Crippen molar-refractivity contribution < 1.29 is 19.4 Å². The number of hydrogen-bond acceptors (Lipinski definition) is 4. The number of methoxy groups -OCH3 is 1. The SMILES string of the molecule is CCCCCCC(CC=CCCCCCCCC(=O)NCc1ccc(O)c(OC)c1)C(=O)Cc1ccccc1. The predicted octanol–water partition coefficient (Wildman–Crippen LogP) is 8.09. The molecule has 2 aromatic carbocycles. The number of Topliss-reactive ketones (excluding diaryl/α,β-unsaturated/α-hetero) is 1. The second-order valence-electron chi connectivity index (χ2n) is 10.5. The smallest absolute Gasteiger partial charge is 0.220 e. The highest BCUT2D eigenvalue weighted by Crippen LogP contribution is 2.26. The number of hydrogen-bond donors (Lipinski definition) is 2.